The zero-order chi connectivity index (χ0) is 12.6. The van der Waals surface area contributed by atoms with Gasteiger partial charge < -0.3 is 9.80 Å². The highest BCUT2D eigenvalue weighted by atomic mass is 127. The Morgan fingerprint density at radius 2 is 1.59 bits per heavy atom. The maximum Gasteiger partial charge on any atom is 0.195 e. The van der Waals surface area contributed by atoms with E-state index in [1.54, 1.807) is 0 Å². The first-order valence-electron chi connectivity index (χ1n) is 6.41. The van der Waals surface area contributed by atoms with Crippen LogP contribution in [0.25, 0.3) is 0 Å². The molecule has 0 amide bonds. The molecule has 0 saturated heterocycles. The minimum atomic E-state index is 0. The van der Waals surface area contributed by atoms with Crippen molar-refractivity contribution >= 4 is 29.9 Å². The highest BCUT2D eigenvalue weighted by Gasteiger charge is 2.08. The molecular weight excluding hydrogens is 325 g/mol. The van der Waals surface area contributed by atoms with Crippen molar-refractivity contribution in [3.8, 4) is 0 Å². The summed E-state index contributed by atoms with van der Waals surface area (Å²) in [6, 6.07) is 0. The van der Waals surface area contributed by atoms with E-state index in [-0.39, 0.29) is 24.0 Å². The zero-order valence-electron chi connectivity index (χ0n) is 12.4. The second-order valence-corrected chi connectivity index (χ2v) is 4.85. The molecule has 1 unspecified atom stereocenters. The number of halogens is 1. The number of hydrogen-bond acceptors (Lipinski definition) is 1. The Bertz CT molecular complexity index is 193. The van der Waals surface area contributed by atoms with Crippen LogP contribution in [0.5, 0.6) is 0 Å². The summed E-state index contributed by atoms with van der Waals surface area (Å²) in [5, 5.41) is 0. The molecule has 3 nitrogen and oxygen atoms in total. The quantitative estimate of drug-likeness (QED) is 0.414. The van der Waals surface area contributed by atoms with Crippen molar-refractivity contribution in [2.24, 2.45) is 10.9 Å². The van der Waals surface area contributed by atoms with Crippen LogP contribution in [0.4, 0.5) is 0 Å². The van der Waals surface area contributed by atoms with Crippen LogP contribution in [-0.2, 0) is 0 Å². The third-order valence-corrected chi connectivity index (χ3v) is 2.83. The Morgan fingerprint density at radius 3 is 1.94 bits per heavy atom. The first-order chi connectivity index (χ1) is 7.52. The molecule has 0 heterocycles. The summed E-state index contributed by atoms with van der Waals surface area (Å²) in [4.78, 5) is 8.87. The summed E-state index contributed by atoms with van der Waals surface area (Å²) >= 11 is 0. The summed E-state index contributed by atoms with van der Waals surface area (Å²) < 4.78 is 0. The first-order valence-corrected chi connectivity index (χ1v) is 6.41. The van der Waals surface area contributed by atoms with Gasteiger partial charge in [-0.2, -0.15) is 0 Å². The molecule has 0 radical (unpaired) electrons. The van der Waals surface area contributed by atoms with Crippen molar-refractivity contribution < 1.29 is 0 Å². The molecule has 1 atom stereocenters. The van der Waals surface area contributed by atoms with Gasteiger partial charge >= 0.3 is 0 Å². The van der Waals surface area contributed by atoms with E-state index in [0.29, 0.717) is 0 Å². The Hall–Kier alpha value is 0. The van der Waals surface area contributed by atoms with Crippen LogP contribution in [0.15, 0.2) is 4.99 Å². The third kappa shape index (κ3) is 8.69. The van der Waals surface area contributed by atoms with Crippen molar-refractivity contribution in [2.75, 3.05) is 34.7 Å². The lowest BCUT2D eigenvalue weighted by Gasteiger charge is -2.23. The molecule has 0 aromatic carbocycles. The van der Waals surface area contributed by atoms with E-state index < -0.39 is 0 Å². The Labute approximate surface area is 125 Å². The summed E-state index contributed by atoms with van der Waals surface area (Å²) in [6.07, 6.45) is 5.16. The maximum absolute atomic E-state index is 4.72. The molecule has 0 N–H and O–H groups in total. The minimum Gasteiger partial charge on any atom is -0.349 e. The van der Waals surface area contributed by atoms with Gasteiger partial charge in [-0.3, -0.25) is 4.99 Å². The van der Waals surface area contributed by atoms with Crippen molar-refractivity contribution in [3.05, 3.63) is 0 Å². The van der Waals surface area contributed by atoms with Crippen molar-refractivity contribution in [2.45, 2.75) is 39.5 Å². The lowest BCUT2D eigenvalue weighted by Crippen LogP contribution is -2.35. The molecule has 0 bridgehead atoms. The van der Waals surface area contributed by atoms with Crippen LogP contribution < -0.4 is 0 Å². The van der Waals surface area contributed by atoms with Gasteiger partial charge in [0.15, 0.2) is 5.96 Å². The van der Waals surface area contributed by atoms with Gasteiger partial charge in [0, 0.05) is 34.7 Å². The van der Waals surface area contributed by atoms with Crippen molar-refractivity contribution in [1.29, 1.82) is 0 Å². The fourth-order valence-corrected chi connectivity index (χ4v) is 1.81. The predicted molar refractivity (Wildman–Crippen MR) is 88.4 cm³/mol. The van der Waals surface area contributed by atoms with Gasteiger partial charge in [-0.15, -0.1) is 24.0 Å². The van der Waals surface area contributed by atoms with E-state index in [1.807, 2.05) is 28.2 Å². The fourth-order valence-electron chi connectivity index (χ4n) is 1.81. The first kappa shape index (κ1) is 19.3. The van der Waals surface area contributed by atoms with Gasteiger partial charge in [-0.05, 0) is 12.3 Å². The number of nitrogens with zero attached hydrogens (tertiary/aromatic N) is 3. The molecule has 0 aliphatic carbocycles. The van der Waals surface area contributed by atoms with Gasteiger partial charge in [-0.1, -0.05) is 33.1 Å². The van der Waals surface area contributed by atoms with E-state index >= 15 is 0 Å². The molecule has 0 rings (SSSR count). The Balaban J connectivity index is 0. The second-order valence-electron chi connectivity index (χ2n) is 4.85. The molecule has 4 heteroatoms. The second kappa shape index (κ2) is 11.1. The summed E-state index contributed by atoms with van der Waals surface area (Å²) in [5.41, 5.74) is 0. The normalized spacial score (nSPS) is 11.4. The molecular formula is C13H30IN3. The van der Waals surface area contributed by atoms with E-state index in [1.165, 1.54) is 25.7 Å². The molecule has 0 saturated carbocycles. The average Bonchev–Trinajstić information content (AvgIpc) is 2.22. The van der Waals surface area contributed by atoms with Gasteiger partial charge in [0.1, 0.15) is 0 Å². The highest BCUT2D eigenvalue weighted by molar-refractivity contribution is 14.0. The van der Waals surface area contributed by atoms with E-state index in [2.05, 4.69) is 23.6 Å². The monoisotopic (exact) mass is 355 g/mol. The smallest absolute Gasteiger partial charge is 0.195 e. The zero-order valence-corrected chi connectivity index (χ0v) is 14.7. The van der Waals surface area contributed by atoms with Crippen LogP contribution in [0.2, 0.25) is 0 Å². The van der Waals surface area contributed by atoms with Gasteiger partial charge in [0.05, 0.1) is 0 Å². The SMILES string of the molecule is CCCCC(CC)CN=C(N(C)C)N(C)C.I. The molecule has 0 aromatic heterocycles. The predicted octanol–water partition coefficient (Wildman–Crippen LogP) is 3.30. The summed E-state index contributed by atoms with van der Waals surface area (Å²) in [5.74, 6) is 1.81. The Kier molecular flexibility index (Phi) is 12.6. The fraction of sp³-hybridized carbons (Fsp3) is 0.923. The molecule has 0 aromatic rings. The number of guanidine groups is 1. The molecule has 104 valence electrons. The average molecular weight is 355 g/mol. The van der Waals surface area contributed by atoms with Gasteiger partial charge in [0.25, 0.3) is 0 Å². The highest BCUT2D eigenvalue weighted by Crippen LogP contribution is 2.13. The van der Waals surface area contributed by atoms with Crippen LogP contribution in [0.3, 0.4) is 0 Å². The van der Waals surface area contributed by atoms with Crippen LogP contribution in [0.1, 0.15) is 39.5 Å². The molecule has 0 aliphatic rings. The number of hydrogen-bond donors (Lipinski definition) is 0. The topological polar surface area (TPSA) is 18.8 Å². The number of aliphatic imine (C=N–C) groups is 1. The minimum absolute atomic E-state index is 0. The van der Waals surface area contributed by atoms with Crippen LogP contribution >= 0.6 is 24.0 Å². The largest absolute Gasteiger partial charge is 0.349 e. The van der Waals surface area contributed by atoms with E-state index in [4.69, 9.17) is 4.99 Å². The van der Waals surface area contributed by atoms with E-state index in [9.17, 15) is 0 Å². The van der Waals surface area contributed by atoms with Gasteiger partial charge in [0.2, 0.25) is 0 Å². The molecule has 0 aliphatic heterocycles. The lowest BCUT2D eigenvalue weighted by atomic mass is 10.00. The van der Waals surface area contributed by atoms with Gasteiger partial charge in [-0.25, -0.2) is 0 Å². The summed E-state index contributed by atoms with van der Waals surface area (Å²) in [6.45, 7) is 5.48. The number of rotatable bonds is 6. The van der Waals surface area contributed by atoms with Crippen LogP contribution in [-0.4, -0.2) is 50.5 Å². The summed E-state index contributed by atoms with van der Waals surface area (Å²) in [7, 11) is 8.19. The van der Waals surface area contributed by atoms with E-state index in [0.717, 1.165) is 18.4 Å². The van der Waals surface area contributed by atoms with Crippen molar-refractivity contribution in [3.63, 3.8) is 0 Å². The van der Waals surface area contributed by atoms with Crippen LogP contribution in [0, 0.1) is 5.92 Å². The molecule has 0 fully saturated rings. The molecule has 0 spiro atoms. The molecule has 17 heavy (non-hydrogen) atoms. The Morgan fingerprint density at radius 1 is 1.06 bits per heavy atom. The maximum atomic E-state index is 4.72. The standard InChI is InChI=1S/C13H29N3.HI/c1-7-9-10-12(8-2)11-14-13(15(3)4)16(5)6;/h12H,7-11H2,1-6H3;1H. The number of unbranched alkanes of at least 4 members (excludes halogenated alkanes) is 1. The third-order valence-electron chi connectivity index (χ3n) is 2.83. The lowest BCUT2D eigenvalue weighted by molar-refractivity contribution is 0.440. The van der Waals surface area contributed by atoms with Crippen molar-refractivity contribution in [1.82, 2.24) is 9.80 Å².